The highest BCUT2D eigenvalue weighted by Crippen LogP contribution is 2.16. The number of nitrogens with zero attached hydrogens (tertiary/aromatic N) is 1. The van der Waals surface area contributed by atoms with E-state index in [-0.39, 0.29) is 16.8 Å². The molecule has 0 aromatic heterocycles. The predicted molar refractivity (Wildman–Crippen MR) is 103 cm³/mol. The Balaban J connectivity index is 2.82. The van der Waals surface area contributed by atoms with Gasteiger partial charge in [-0.3, -0.25) is 4.79 Å². The minimum Gasteiger partial charge on any atom is -0.350 e. The van der Waals surface area contributed by atoms with Crippen molar-refractivity contribution >= 4 is 22.0 Å². The number of carbonyl (C=O) groups excluding carboxylic acids is 1. The van der Waals surface area contributed by atoms with Crippen molar-refractivity contribution in [3.8, 4) is 0 Å². The van der Waals surface area contributed by atoms with Gasteiger partial charge in [-0.25, -0.2) is 8.42 Å². The highest BCUT2D eigenvalue weighted by Gasteiger charge is 2.20. The number of benzene rings is 1. The van der Waals surface area contributed by atoms with Crippen LogP contribution in [0.15, 0.2) is 35.2 Å². The van der Waals surface area contributed by atoms with Crippen molar-refractivity contribution in [1.82, 2.24) is 9.62 Å². The molecule has 5 nitrogen and oxygen atoms in total. The molecule has 0 radical (unpaired) electrons. The molecule has 1 N–H and O–H groups in total. The Morgan fingerprint density at radius 1 is 1.12 bits per heavy atom. The van der Waals surface area contributed by atoms with Crippen molar-refractivity contribution in [1.29, 1.82) is 0 Å². The van der Waals surface area contributed by atoms with Crippen molar-refractivity contribution in [2.45, 2.75) is 52.0 Å². The van der Waals surface area contributed by atoms with Gasteiger partial charge in [-0.1, -0.05) is 46.8 Å². The van der Waals surface area contributed by atoms with E-state index < -0.39 is 10.0 Å². The van der Waals surface area contributed by atoms with Crippen LogP contribution in [-0.2, 0) is 14.8 Å². The van der Waals surface area contributed by atoms with Crippen LogP contribution in [0, 0.1) is 5.92 Å². The average molecular weight is 367 g/mol. The number of nitrogens with one attached hydrogen (secondary N) is 1. The van der Waals surface area contributed by atoms with E-state index in [4.69, 9.17) is 0 Å². The minimum absolute atomic E-state index is 0.139. The first-order valence-electron chi connectivity index (χ1n) is 8.84. The molecule has 0 spiro atoms. The molecule has 0 bridgehead atoms. The van der Waals surface area contributed by atoms with E-state index in [9.17, 15) is 13.2 Å². The Kier molecular flexibility index (Phi) is 8.32. The number of amides is 1. The van der Waals surface area contributed by atoms with Gasteiger partial charge in [0.15, 0.2) is 0 Å². The summed E-state index contributed by atoms with van der Waals surface area (Å²) in [5.74, 6) is 0.243. The van der Waals surface area contributed by atoms with Crippen molar-refractivity contribution in [3.05, 3.63) is 35.9 Å². The molecule has 0 fully saturated rings. The molecule has 0 aliphatic heterocycles. The van der Waals surface area contributed by atoms with Crippen LogP contribution in [0.25, 0.3) is 6.08 Å². The van der Waals surface area contributed by atoms with Gasteiger partial charge in [-0.15, -0.1) is 0 Å². The van der Waals surface area contributed by atoms with E-state index in [1.54, 1.807) is 30.3 Å². The number of rotatable bonds is 9. The predicted octanol–water partition coefficient (Wildman–Crippen LogP) is 3.28. The van der Waals surface area contributed by atoms with Gasteiger partial charge in [0.1, 0.15) is 0 Å². The summed E-state index contributed by atoms with van der Waals surface area (Å²) < 4.78 is 26.3. The summed E-state index contributed by atoms with van der Waals surface area (Å²) >= 11 is 0. The molecular weight excluding hydrogens is 336 g/mol. The second-order valence-electron chi connectivity index (χ2n) is 6.26. The largest absolute Gasteiger partial charge is 0.350 e. The molecule has 1 aromatic carbocycles. The summed E-state index contributed by atoms with van der Waals surface area (Å²) in [4.78, 5) is 12.3. The highest BCUT2D eigenvalue weighted by molar-refractivity contribution is 7.89. The lowest BCUT2D eigenvalue weighted by molar-refractivity contribution is -0.117. The number of sulfonamides is 1. The van der Waals surface area contributed by atoms with Gasteiger partial charge in [-0.2, -0.15) is 4.31 Å². The average Bonchev–Trinajstić information content (AvgIpc) is 2.58. The van der Waals surface area contributed by atoms with Crippen molar-refractivity contribution < 1.29 is 13.2 Å². The maximum absolute atomic E-state index is 12.4. The van der Waals surface area contributed by atoms with Crippen LogP contribution in [0.1, 0.15) is 46.6 Å². The van der Waals surface area contributed by atoms with E-state index in [0.29, 0.717) is 19.0 Å². The Hall–Kier alpha value is -1.66. The quantitative estimate of drug-likeness (QED) is 0.682. The minimum atomic E-state index is -3.45. The molecule has 1 unspecified atom stereocenters. The standard InChI is InChI=1S/C19H30N2O3S/c1-6-18(15(4)5)20-19(22)14-11-16-9-12-17(13-10-16)25(23,24)21(7-2)8-3/h9-15,18H,6-8H2,1-5H3,(H,20,22). The number of hydrogen-bond donors (Lipinski definition) is 1. The van der Waals surface area contributed by atoms with Gasteiger partial charge in [0.05, 0.1) is 4.90 Å². The Labute approximate surface area is 152 Å². The summed E-state index contributed by atoms with van der Waals surface area (Å²) in [5.41, 5.74) is 0.784. The molecule has 0 heterocycles. The van der Waals surface area contributed by atoms with Gasteiger partial charge in [0, 0.05) is 25.2 Å². The van der Waals surface area contributed by atoms with E-state index in [0.717, 1.165) is 12.0 Å². The molecule has 140 valence electrons. The van der Waals surface area contributed by atoms with Gasteiger partial charge in [0.2, 0.25) is 15.9 Å². The summed E-state index contributed by atoms with van der Waals surface area (Å²) in [6.07, 6.45) is 4.06. The fourth-order valence-corrected chi connectivity index (χ4v) is 4.06. The first-order valence-corrected chi connectivity index (χ1v) is 10.3. The van der Waals surface area contributed by atoms with E-state index in [1.165, 1.54) is 10.4 Å². The molecule has 6 heteroatoms. The summed E-state index contributed by atoms with van der Waals surface area (Å²) in [5, 5.41) is 2.97. The van der Waals surface area contributed by atoms with Crippen molar-refractivity contribution in [3.63, 3.8) is 0 Å². The normalized spacial score (nSPS) is 13.6. The monoisotopic (exact) mass is 366 g/mol. The van der Waals surface area contributed by atoms with E-state index in [2.05, 4.69) is 19.2 Å². The lowest BCUT2D eigenvalue weighted by Gasteiger charge is -2.19. The third-order valence-electron chi connectivity index (χ3n) is 4.22. The van der Waals surface area contributed by atoms with Crippen LogP contribution in [-0.4, -0.2) is 37.8 Å². The summed E-state index contributed by atoms with van der Waals surface area (Å²) in [6.45, 7) is 10.7. The van der Waals surface area contributed by atoms with Gasteiger partial charge in [-0.05, 0) is 36.1 Å². The smallest absolute Gasteiger partial charge is 0.244 e. The molecule has 1 atom stereocenters. The van der Waals surface area contributed by atoms with Crippen LogP contribution in [0.5, 0.6) is 0 Å². The first-order chi connectivity index (χ1) is 11.8. The lowest BCUT2D eigenvalue weighted by atomic mass is 10.0. The molecule has 1 amide bonds. The van der Waals surface area contributed by atoms with Crippen LogP contribution >= 0.6 is 0 Å². The molecule has 0 aliphatic carbocycles. The van der Waals surface area contributed by atoms with E-state index in [1.807, 2.05) is 20.8 Å². The summed E-state index contributed by atoms with van der Waals surface area (Å²) in [6, 6.07) is 6.72. The Morgan fingerprint density at radius 3 is 2.12 bits per heavy atom. The van der Waals surface area contributed by atoms with Gasteiger partial charge in [0.25, 0.3) is 0 Å². The van der Waals surface area contributed by atoms with Gasteiger partial charge < -0.3 is 5.32 Å². The van der Waals surface area contributed by atoms with Crippen molar-refractivity contribution in [2.24, 2.45) is 5.92 Å². The van der Waals surface area contributed by atoms with Crippen molar-refractivity contribution in [2.75, 3.05) is 13.1 Å². The maximum Gasteiger partial charge on any atom is 0.244 e. The first kappa shape index (κ1) is 21.4. The summed E-state index contributed by atoms with van der Waals surface area (Å²) in [7, 11) is -3.45. The third-order valence-corrected chi connectivity index (χ3v) is 6.29. The van der Waals surface area contributed by atoms with Gasteiger partial charge >= 0.3 is 0 Å². The fraction of sp³-hybridized carbons (Fsp3) is 0.526. The fourth-order valence-electron chi connectivity index (χ4n) is 2.61. The third kappa shape index (κ3) is 5.97. The highest BCUT2D eigenvalue weighted by atomic mass is 32.2. The van der Waals surface area contributed by atoms with Crippen LogP contribution < -0.4 is 5.32 Å². The van der Waals surface area contributed by atoms with Crippen LogP contribution in [0.4, 0.5) is 0 Å². The zero-order chi connectivity index (χ0) is 19.0. The number of hydrogen-bond acceptors (Lipinski definition) is 3. The Bertz CT molecular complexity index is 675. The molecule has 1 rings (SSSR count). The second kappa shape index (κ2) is 9.73. The molecule has 0 saturated carbocycles. The van der Waals surface area contributed by atoms with E-state index >= 15 is 0 Å². The second-order valence-corrected chi connectivity index (χ2v) is 8.20. The van der Waals surface area contributed by atoms with Crippen LogP contribution in [0.3, 0.4) is 0 Å². The molecule has 0 saturated heterocycles. The zero-order valence-corrected chi connectivity index (χ0v) is 16.6. The lowest BCUT2D eigenvalue weighted by Crippen LogP contribution is -2.36. The molecule has 1 aromatic rings. The molecule has 0 aliphatic rings. The zero-order valence-electron chi connectivity index (χ0n) is 15.8. The number of carbonyl (C=O) groups is 1. The Morgan fingerprint density at radius 2 is 1.68 bits per heavy atom. The molecular formula is C19H30N2O3S. The topological polar surface area (TPSA) is 66.5 Å². The molecule has 25 heavy (non-hydrogen) atoms. The maximum atomic E-state index is 12.4. The SMILES string of the molecule is CCC(NC(=O)C=Cc1ccc(S(=O)(=O)N(CC)CC)cc1)C(C)C. The van der Waals surface area contributed by atoms with Crippen LogP contribution in [0.2, 0.25) is 0 Å².